The number of hydrogen-bond acceptors (Lipinski definition) is 2. The minimum absolute atomic E-state index is 0.0326. The second-order valence-electron chi connectivity index (χ2n) is 3.83. The van der Waals surface area contributed by atoms with E-state index < -0.39 is 0 Å². The SMILES string of the molecule is C=CCN(C(=O)c1ccncc1Cl)C1CC1. The van der Waals surface area contributed by atoms with Crippen LogP contribution in [-0.2, 0) is 0 Å². The van der Waals surface area contributed by atoms with Crippen LogP contribution in [0, 0.1) is 0 Å². The van der Waals surface area contributed by atoms with Gasteiger partial charge in [0.15, 0.2) is 0 Å². The van der Waals surface area contributed by atoms with Gasteiger partial charge in [-0.15, -0.1) is 6.58 Å². The Bertz CT molecular complexity index is 415. The highest BCUT2D eigenvalue weighted by molar-refractivity contribution is 6.33. The number of carbonyl (C=O) groups excluding carboxylic acids is 1. The van der Waals surface area contributed by atoms with Gasteiger partial charge in [-0.1, -0.05) is 17.7 Å². The summed E-state index contributed by atoms with van der Waals surface area (Å²) in [5.41, 5.74) is 0.519. The monoisotopic (exact) mass is 236 g/mol. The van der Waals surface area contributed by atoms with Crippen LogP contribution >= 0.6 is 11.6 Å². The van der Waals surface area contributed by atoms with E-state index in [-0.39, 0.29) is 5.91 Å². The summed E-state index contributed by atoms with van der Waals surface area (Å²) in [5, 5.41) is 0.405. The second kappa shape index (κ2) is 4.66. The van der Waals surface area contributed by atoms with Crippen LogP contribution in [0.1, 0.15) is 23.2 Å². The molecular formula is C12H13ClN2O. The molecule has 0 unspecified atom stereocenters. The second-order valence-corrected chi connectivity index (χ2v) is 4.24. The molecule has 3 nitrogen and oxygen atoms in total. The van der Waals surface area contributed by atoms with E-state index in [1.54, 1.807) is 18.3 Å². The van der Waals surface area contributed by atoms with E-state index in [1.165, 1.54) is 6.20 Å². The van der Waals surface area contributed by atoms with Crippen molar-refractivity contribution < 1.29 is 4.79 Å². The third kappa shape index (κ3) is 2.25. The van der Waals surface area contributed by atoms with Gasteiger partial charge < -0.3 is 4.90 Å². The van der Waals surface area contributed by atoms with Crippen molar-refractivity contribution in [3.8, 4) is 0 Å². The van der Waals surface area contributed by atoms with Crippen LogP contribution in [0.15, 0.2) is 31.1 Å². The largest absolute Gasteiger partial charge is 0.332 e. The zero-order valence-electron chi connectivity index (χ0n) is 8.90. The van der Waals surface area contributed by atoms with Crippen molar-refractivity contribution in [2.75, 3.05) is 6.54 Å². The first-order chi connectivity index (χ1) is 7.74. The minimum atomic E-state index is -0.0326. The number of amides is 1. The molecular weight excluding hydrogens is 224 g/mol. The molecule has 0 atom stereocenters. The van der Waals surface area contributed by atoms with E-state index in [0.717, 1.165) is 12.8 Å². The third-order valence-electron chi connectivity index (χ3n) is 2.58. The summed E-state index contributed by atoms with van der Waals surface area (Å²) >= 11 is 5.95. The van der Waals surface area contributed by atoms with E-state index in [9.17, 15) is 4.79 Å². The molecule has 0 spiro atoms. The zero-order valence-corrected chi connectivity index (χ0v) is 9.65. The van der Waals surface area contributed by atoms with Crippen LogP contribution in [0.25, 0.3) is 0 Å². The van der Waals surface area contributed by atoms with Crippen LogP contribution in [0.5, 0.6) is 0 Å². The number of aromatic nitrogens is 1. The summed E-state index contributed by atoms with van der Waals surface area (Å²) < 4.78 is 0. The predicted octanol–water partition coefficient (Wildman–Crippen LogP) is 2.53. The summed E-state index contributed by atoms with van der Waals surface area (Å²) in [4.78, 5) is 17.9. The molecule has 1 aromatic heterocycles. The molecule has 1 aliphatic carbocycles. The standard InChI is InChI=1S/C12H13ClN2O/c1-2-7-15(9-3-4-9)12(16)10-5-6-14-8-11(10)13/h2,5-6,8-9H,1,3-4,7H2. The molecule has 1 heterocycles. The van der Waals surface area contributed by atoms with Crippen molar-refractivity contribution in [2.45, 2.75) is 18.9 Å². The molecule has 0 aromatic carbocycles. The molecule has 0 saturated heterocycles. The minimum Gasteiger partial charge on any atom is -0.332 e. The predicted molar refractivity (Wildman–Crippen MR) is 63.5 cm³/mol. The quantitative estimate of drug-likeness (QED) is 0.753. The normalized spacial score (nSPS) is 14.6. The summed E-state index contributed by atoms with van der Waals surface area (Å²) in [6, 6.07) is 2.01. The number of hydrogen-bond donors (Lipinski definition) is 0. The first-order valence-corrected chi connectivity index (χ1v) is 5.63. The van der Waals surface area contributed by atoms with Crippen LogP contribution in [-0.4, -0.2) is 28.4 Å². The Labute approximate surface area is 99.7 Å². The first-order valence-electron chi connectivity index (χ1n) is 5.25. The Kier molecular flexibility index (Phi) is 3.25. The molecule has 0 radical (unpaired) electrons. The van der Waals surface area contributed by atoms with Gasteiger partial charge in [-0.2, -0.15) is 0 Å². The van der Waals surface area contributed by atoms with Crippen LogP contribution in [0.2, 0.25) is 5.02 Å². The molecule has 0 N–H and O–H groups in total. The highest BCUT2D eigenvalue weighted by Crippen LogP contribution is 2.29. The zero-order chi connectivity index (χ0) is 11.5. The molecule has 1 amide bonds. The van der Waals surface area contributed by atoms with Crippen molar-refractivity contribution in [1.82, 2.24) is 9.88 Å². The molecule has 84 valence electrons. The fraction of sp³-hybridized carbons (Fsp3) is 0.333. The topological polar surface area (TPSA) is 33.2 Å². The Morgan fingerprint density at radius 3 is 3.00 bits per heavy atom. The first kappa shape index (κ1) is 11.1. The average molecular weight is 237 g/mol. The maximum Gasteiger partial charge on any atom is 0.256 e. The van der Waals surface area contributed by atoms with Gasteiger partial charge in [0, 0.05) is 25.0 Å². The lowest BCUT2D eigenvalue weighted by Gasteiger charge is -2.20. The van der Waals surface area contributed by atoms with Crippen molar-refractivity contribution in [1.29, 1.82) is 0 Å². The van der Waals surface area contributed by atoms with Gasteiger partial charge >= 0.3 is 0 Å². The molecule has 16 heavy (non-hydrogen) atoms. The van der Waals surface area contributed by atoms with Gasteiger partial charge in [0.25, 0.3) is 5.91 Å². The van der Waals surface area contributed by atoms with Crippen LogP contribution in [0.4, 0.5) is 0 Å². The Morgan fingerprint density at radius 2 is 2.44 bits per heavy atom. The van der Waals surface area contributed by atoms with Gasteiger partial charge in [0.05, 0.1) is 10.6 Å². The Morgan fingerprint density at radius 1 is 1.69 bits per heavy atom. The summed E-state index contributed by atoms with van der Waals surface area (Å²) in [5.74, 6) is -0.0326. The maximum atomic E-state index is 12.2. The van der Waals surface area contributed by atoms with E-state index in [1.807, 2.05) is 4.90 Å². The highest BCUT2D eigenvalue weighted by atomic mass is 35.5. The van der Waals surface area contributed by atoms with Gasteiger partial charge in [-0.25, -0.2) is 0 Å². The fourth-order valence-electron chi connectivity index (χ4n) is 1.63. The highest BCUT2D eigenvalue weighted by Gasteiger charge is 2.32. The molecule has 1 fully saturated rings. The van der Waals surface area contributed by atoms with Gasteiger partial charge in [0.1, 0.15) is 0 Å². The number of halogens is 1. The van der Waals surface area contributed by atoms with Crippen LogP contribution in [0.3, 0.4) is 0 Å². The summed E-state index contributed by atoms with van der Waals surface area (Å²) in [6.45, 7) is 4.24. The van der Waals surface area contributed by atoms with E-state index in [0.29, 0.717) is 23.2 Å². The van der Waals surface area contributed by atoms with Crippen LogP contribution < -0.4 is 0 Å². The Hall–Kier alpha value is -1.35. The summed E-state index contributed by atoms with van der Waals surface area (Å²) in [7, 11) is 0. The van der Waals surface area contributed by atoms with E-state index >= 15 is 0 Å². The molecule has 2 rings (SSSR count). The fourth-order valence-corrected chi connectivity index (χ4v) is 1.83. The molecule has 0 aliphatic heterocycles. The van der Waals surface area contributed by atoms with E-state index in [4.69, 9.17) is 11.6 Å². The summed E-state index contributed by atoms with van der Waals surface area (Å²) in [6.07, 6.45) is 6.96. The molecule has 1 saturated carbocycles. The number of carbonyl (C=O) groups is 1. The number of nitrogens with zero attached hydrogens (tertiary/aromatic N) is 2. The molecule has 0 bridgehead atoms. The van der Waals surface area contributed by atoms with Crippen molar-refractivity contribution in [3.05, 3.63) is 41.7 Å². The van der Waals surface area contributed by atoms with Gasteiger partial charge in [0.2, 0.25) is 0 Å². The van der Waals surface area contributed by atoms with Crippen molar-refractivity contribution >= 4 is 17.5 Å². The molecule has 1 aliphatic rings. The lowest BCUT2D eigenvalue weighted by molar-refractivity contribution is 0.0762. The smallest absolute Gasteiger partial charge is 0.256 e. The van der Waals surface area contributed by atoms with Gasteiger partial charge in [-0.05, 0) is 18.9 Å². The lowest BCUT2D eigenvalue weighted by atomic mass is 10.2. The molecule has 1 aromatic rings. The third-order valence-corrected chi connectivity index (χ3v) is 2.88. The Balaban J connectivity index is 2.22. The van der Waals surface area contributed by atoms with E-state index in [2.05, 4.69) is 11.6 Å². The van der Waals surface area contributed by atoms with Crippen molar-refractivity contribution in [2.24, 2.45) is 0 Å². The average Bonchev–Trinajstić information content (AvgIpc) is 3.09. The number of rotatable bonds is 4. The maximum absolute atomic E-state index is 12.2. The van der Waals surface area contributed by atoms with Crippen molar-refractivity contribution in [3.63, 3.8) is 0 Å². The lowest BCUT2D eigenvalue weighted by Crippen LogP contribution is -2.33. The van der Waals surface area contributed by atoms with Gasteiger partial charge in [-0.3, -0.25) is 9.78 Å². The number of pyridine rings is 1. The molecule has 4 heteroatoms.